The van der Waals surface area contributed by atoms with Gasteiger partial charge in [-0.15, -0.1) is 16.5 Å². The van der Waals surface area contributed by atoms with Gasteiger partial charge in [-0.25, -0.2) is 4.79 Å². The summed E-state index contributed by atoms with van der Waals surface area (Å²) in [4.78, 5) is 24.8. The molecule has 0 aliphatic carbocycles. The molecule has 0 aromatic heterocycles. The van der Waals surface area contributed by atoms with E-state index in [0.29, 0.717) is 5.01 Å². The Kier molecular flexibility index (Phi) is 11.1. The molecule has 1 heterocycles. The van der Waals surface area contributed by atoms with Crippen molar-refractivity contribution < 1.29 is 39.4 Å². The zero-order chi connectivity index (χ0) is 21.3. The Morgan fingerprint density at radius 1 is 1.18 bits per heavy atom. The fourth-order valence-electron chi connectivity index (χ4n) is 2.72. The number of hydrogen-bond donors (Lipinski definition) is 4. The fourth-order valence-corrected chi connectivity index (χ4v) is 2.88. The van der Waals surface area contributed by atoms with Gasteiger partial charge < -0.3 is 34.6 Å². The molecular formula is C15H28ClN3O9. The number of aliphatic hydroxyl groups is 4. The third-order valence-electron chi connectivity index (χ3n) is 4.09. The molecule has 1 rings (SSSR count). The van der Waals surface area contributed by atoms with Gasteiger partial charge in [0.1, 0.15) is 24.4 Å². The van der Waals surface area contributed by atoms with E-state index < -0.39 is 49.6 Å². The Morgan fingerprint density at radius 2 is 1.79 bits per heavy atom. The first-order chi connectivity index (χ1) is 13.4. The van der Waals surface area contributed by atoms with Crippen LogP contribution in [0.3, 0.4) is 0 Å². The highest BCUT2D eigenvalue weighted by Crippen LogP contribution is 2.25. The van der Waals surface area contributed by atoms with E-state index in [4.69, 9.17) is 25.8 Å². The Labute approximate surface area is 167 Å². The monoisotopic (exact) mass is 429 g/mol. The summed E-state index contributed by atoms with van der Waals surface area (Å²) in [6.45, 7) is 2.72. The van der Waals surface area contributed by atoms with Crippen LogP contribution in [0.25, 0.3) is 0 Å². The van der Waals surface area contributed by atoms with Crippen LogP contribution in [0.1, 0.15) is 13.8 Å². The first-order valence-corrected chi connectivity index (χ1v) is 9.40. The van der Waals surface area contributed by atoms with Crippen molar-refractivity contribution in [2.45, 2.75) is 50.8 Å². The topological polar surface area (TPSA) is 162 Å². The third-order valence-corrected chi connectivity index (χ3v) is 4.26. The maximum Gasteiger partial charge on any atom is 0.345 e. The summed E-state index contributed by atoms with van der Waals surface area (Å²) in [5.41, 5.74) is 0. The second-order valence-corrected chi connectivity index (χ2v) is 6.27. The molecule has 0 radical (unpaired) electrons. The molecule has 0 saturated carbocycles. The van der Waals surface area contributed by atoms with Crippen LogP contribution in [0, 0.1) is 4.91 Å². The third kappa shape index (κ3) is 6.19. The molecule has 1 unspecified atom stereocenters. The van der Waals surface area contributed by atoms with Gasteiger partial charge in [0.15, 0.2) is 12.5 Å². The zero-order valence-corrected chi connectivity index (χ0v) is 16.5. The number of aliphatic hydroxyl groups excluding tert-OH is 4. The van der Waals surface area contributed by atoms with Crippen molar-refractivity contribution in [2.24, 2.45) is 5.29 Å². The molecule has 5 atom stereocenters. The highest BCUT2D eigenvalue weighted by Gasteiger charge is 2.48. The van der Waals surface area contributed by atoms with Crippen LogP contribution in [0.15, 0.2) is 5.29 Å². The van der Waals surface area contributed by atoms with Gasteiger partial charge in [0.05, 0.1) is 25.0 Å². The number of nitroso groups, excluding NO2 is 1. The average Bonchev–Trinajstić information content (AvgIpc) is 2.69. The van der Waals surface area contributed by atoms with E-state index in [0.717, 1.165) is 4.90 Å². The second-order valence-electron chi connectivity index (χ2n) is 5.89. The van der Waals surface area contributed by atoms with Gasteiger partial charge >= 0.3 is 6.03 Å². The Morgan fingerprint density at radius 3 is 2.25 bits per heavy atom. The first kappa shape index (κ1) is 24.9. The van der Waals surface area contributed by atoms with Crippen LogP contribution >= 0.6 is 11.6 Å². The van der Waals surface area contributed by atoms with E-state index in [1.165, 1.54) is 0 Å². The molecule has 0 spiro atoms. The maximum atomic E-state index is 12.8. The van der Waals surface area contributed by atoms with Crippen LogP contribution in [0.2, 0.25) is 0 Å². The number of hydrogen-bond acceptors (Lipinski definition) is 10. The van der Waals surface area contributed by atoms with Gasteiger partial charge in [0.25, 0.3) is 0 Å². The number of nitrogens with zero attached hydrogens (tertiary/aromatic N) is 3. The number of rotatable bonds is 11. The zero-order valence-electron chi connectivity index (χ0n) is 15.8. The number of carbonyl (C=O) groups excluding carboxylic acids is 1. The Balaban J connectivity index is 3.19. The normalized spacial score (nSPS) is 27.6. The van der Waals surface area contributed by atoms with Crippen LogP contribution in [-0.4, -0.2) is 112 Å². The molecule has 1 fully saturated rings. The SMILES string of the molecule is CCOC(CN(C(=O)N(CCCl)N=O)C1O[C@H](CO)[C@H](O)[C@H](O)[C@H]1O)OCC. The minimum atomic E-state index is -1.74. The highest BCUT2D eigenvalue weighted by molar-refractivity contribution is 6.18. The standard InChI is InChI=1S/C15H28ClN3O9/c1-3-26-10(27-4-2)7-18(15(24)19(17-25)6-5-16)14-13(23)12(22)11(21)9(8-20)28-14/h9-14,20-23H,3-8H2,1-2H3/t9-,11+,12+,13-,14?/m1/s1. The van der Waals surface area contributed by atoms with Gasteiger partial charge in [-0.3, -0.25) is 4.90 Å². The molecule has 1 aliphatic rings. The Hall–Kier alpha value is -1.12. The van der Waals surface area contributed by atoms with Crippen molar-refractivity contribution in [1.29, 1.82) is 0 Å². The molecule has 0 aromatic rings. The van der Waals surface area contributed by atoms with Gasteiger partial charge in [0.2, 0.25) is 0 Å². The van der Waals surface area contributed by atoms with E-state index >= 15 is 0 Å². The summed E-state index contributed by atoms with van der Waals surface area (Å²) in [5, 5.41) is 42.8. The average molecular weight is 430 g/mol. The molecule has 2 amide bonds. The summed E-state index contributed by atoms with van der Waals surface area (Å²) in [7, 11) is 0. The summed E-state index contributed by atoms with van der Waals surface area (Å²) in [6, 6.07) is -0.982. The molecular weight excluding hydrogens is 402 g/mol. The van der Waals surface area contributed by atoms with E-state index in [2.05, 4.69) is 5.29 Å². The predicted molar refractivity (Wildman–Crippen MR) is 96.1 cm³/mol. The summed E-state index contributed by atoms with van der Waals surface area (Å²) < 4.78 is 16.2. The molecule has 0 bridgehead atoms. The predicted octanol–water partition coefficient (Wildman–Crippen LogP) is -1.17. The summed E-state index contributed by atoms with van der Waals surface area (Å²) in [6.07, 6.45) is -8.76. The summed E-state index contributed by atoms with van der Waals surface area (Å²) in [5.74, 6) is -0.0830. The van der Waals surface area contributed by atoms with Crippen molar-refractivity contribution in [1.82, 2.24) is 9.91 Å². The number of urea groups is 1. The maximum absolute atomic E-state index is 12.8. The lowest BCUT2D eigenvalue weighted by atomic mass is 9.98. The van der Waals surface area contributed by atoms with Gasteiger partial charge in [0, 0.05) is 19.1 Å². The smallest absolute Gasteiger partial charge is 0.345 e. The molecule has 4 N–H and O–H groups in total. The number of halogens is 1. The van der Waals surface area contributed by atoms with Crippen LogP contribution < -0.4 is 0 Å². The fraction of sp³-hybridized carbons (Fsp3) is 0.933. The van der Waals surface area contributed by atoms with Crippen molar-refractivity contribution in [3.63, 3.8) is 0 Å². The van der Waals surface area contributed by atoms with Crippen molar-refractivity contribution >= 4 is 17.6 Å². The molecule has 1 aliphatic heterocycles. The number of carbonyl (C=O) groups is 1. The molecule has 13 heteroatoms. The lowest BCUT2D eigenvalue weighted by Crippen LogP contribution is -2.66. The molecule has 0 aromatic carbocycles. The van der Waals surface area contributed by atoms with E-state index in [9.17, 15) is 30.1 Å². The Bertz CT molecular complexity index is 482. The summed E-state index contributed by atoms with van der Waals surface area (Å²) >= 11 is 5.58. The van der Waals surface area contributed by atoms with Gasteiger partial charge in [-0.2, -0.15) is 5.01 Å². The lowest BCUT2D eigenvalue weighted by molar-refractivity contribution is -0.265. The highest BCUT2D eigenvalue weighted by atomic mass is 35.5. The van der Waals surface area contributed by atoms with Gasteiger partial charge in [-0.1, -0.05) is 0 Å². The van der Waals surface area contributed by atoms with E-state index in [1.807, 2.05) is 0 Å². The molecule has 1 saturated heterocycles. The second kappa shape index (κ2) is 12.4. The lowest BCUT2D eigenvalue weighted by Gasteiger charge is -2.45. The van der Waals surface area contributed by atoms with Crippen molar-refractivity contribution in [3.8, 4) is 0 Å². The number of amides is 2. The van der Waals surface area contributed by atoms with Crippen LogP contribution in [0.4, 0.5) is 4.79 Å². The van der Waals surface area contributed by atoms with E-state index in [1.54, 1.807) is 13.8 Å². The molecule has 12 nitrogen and oxygen atoms in total. The minimum absolute atomic E-state index is 0.0830. The van der Waals surface area contributed by atoms with Crippen LogP contribution in [-0.2, 0) is 14.2 Å². The largest absolute Gasteiger partial charge is 0.394 e. The van der Waals surface area contributed by atoms with Crippen molar-refractivity contribution in [2.75, 3.05) is 38.8 Å². The first-order valence-electron chi connectivity index (χ1n) is 8.87. The van der Waals surface area contributed by atoms with Gasteiger partial charge in [-0.05, 0) is 13.8 Å². The minimum Gasteiger partial charge on any atom is -0.394 e. The number of alkyl halides is 1. The molecule has 28 heavy (non-hydrogen) atoms. The van der Waals surface area contributed by atoms with E-state index in [-0.39, 0.29) is 32.2 Å². The molecule has 164 valence electrons. The number of ether oxygens (including phenoxy) is 3. The van der Waals surface area contributed by atoms with Crippen molar-refractivity contribution in [3.05, 3.63) is 4.91 Å². The van der Waals surface area contributed by atoms with Crippen LogP contribution in [0.5, 0.6) is 0 Å². The quantitative estimate of drug-likeness (QED) is 0.137.